The highest BCUT2D eigenvalue weighted by Crippen LogP contribution is 2.25. The number of nitrogens with zero attached hydrogens (tertiary/aromatic N) is 3. The topological polar surface area (TPSA) is 46.0 Å². The third kappa shape index (κ3) is 1.91. The van der Waals surface area contributed by atoms with Crippen LogP contribution in [-0.4, -0.2) is 19.6 Å². The Labute approximate surface area is 122 Å². The van der Waals surface area contributed by atoms with E-state index < -0.39 is 0 Å². The minimum Gasteiger partial charge on any atom is -0.292 e. The molecular weight excluding hydrogens is 260 g/mol. The fraction of sp³-hybridized carbons (Fsp3) is 0.176. The van der Waals surface area contributed by atoms with Crippen molar-refractivity contribution in [3.8, 4) is 11.3 Å². The zero-order valence-corrected chi connectivity index (χ0v) is 12.0. The summed E-state index contributed by atoms with van der Waals surface area (Å²) in [6.07, 6.45) is 3.60. The van der Waals surface area contributed by atoms with Crippen LogP contribution >= 0.6 is 0 Å². The number of hydrogen-bond donors (Lipinski definition) is 1. The van der Waals surface area contributed by atoms with E-state index in [1.165, 1.54) is 5.56 Å². The van der Waals surface area contributed by atoms with Gasteiger partial charge < -0.3 is 0 Å². The van der Waals surface area contributed by atoms with Crippen molar-refractivity contribution in [1.29, 1.82) is 0 Å². The SMILES string of the molecule is CC(C)c1ccc2nc3cc(-c4ccncc4)[nH]n3c2c1. The Balaban J connectivity index is 1.94. The van der Waals surface area contributed by atoms with Crippen molar-refractivity contribution in [2.45, 2.75) is 19.8 Å². The van der Waals surface area contributed by atoms with E-state index in [-0.39, 0.29) is 0 Å². The number of aromatic nitrogens is 4. The smallest absolute Gasteiger partial charge is 0.154 e. The van der Waals surface area contributed by atoms with E-state index >= 15 is 0 Å². The van der Waals surface area contributed by atoms with Crippen LogP contribution in [0, 0.1) is 0 Å². The largest absolute Gasteiger partial charge is 0.292 e. The standard InChI is InChI=1S/C17H16N4/c1-11(2)13-3-4-14-16(9-13)21-17(19-14)10-15(20-21)12-5-7-18-8-6-12/h3-11,20H,1-2H3. The van der Waals surface area contributed by atoms with E-state index in [9.17, 15) is 0 Å². The van der Waals surface area contributed by atoms with Crippen molar-refractivity contribution in [1.82, 2.24) is 19.6 Å². The molecule has 0 fully saturated rings. The molecule has 3 aromatic heterocycles. The predicted octanol–water partition coefficient (Wildman–Crippen LogP) is 4.00. The maximum atomic E-state index is 4.68. The molecule has 1 aromatic carbocycles. The zero-order valence-electron chi connectivity index (χ0n) is 12.0. The maximum absolute atomic E-state index is 4.68. The third-order valence-electron chi connectivity index (χ3n) is 3.87. The molecule has 3 heterocycles. The molecule has 0 amide bonds. The minimum atomic E-state index is 0.509. The van der Waals surface area contributed by atoms with E-state index in [1.54, 1.807) is 12.4 Å². The van der Waals surface area contributed by atoms with Gasteiger partial charge in [0, 0.05) is 24.0 Å². The fourth-order valence-electron chi connectivity index (χ4n) is 2.65. The molecule has 104 valence electrons. The molecule has 0 atom stereocenters. The molecule has 0 aliphatic carbocycles. The van der Waals surface area contributed by atoms with Crippen LogP contribution in [0.15, 0.2) is 48.8 Å². The van der Waals surface area contributed by atoms with Gasteiger partial charge in [-0.25, -0.2) is 9.50 Å². The first kappa shape index (κ1) is 12.1. The summed E-state index contributed by atoms with van der Waals surface area (Å²) in [6.45, 7) is 4.41. The summed E-state index contributed by atoms with van der Waals surface area (Å²) in [6, 6.07) is 12.5. The van der Waals surface area contributed by atoms with Crippen LogP contribution in [0.3, 0.4) is 0 Å². The van der Waals surface area contributed by atoms with Gasteiger partial charge in [-0.05, 0) is 35.7 Å². The zero-order chi connectivity index (χ0) is 14.4. The molecule has 4 aromatic rings. The quantitative estimate of drug-likeness (QED) is 0.601. The number of pyridine rings is 1. The molecule has 0 aliphatic rings. The molecule has 1 N–H and O–H groups in total. The molecule has 0 aliphatic heterocycles. The molecule has 0 radical (unpaired) electrons. The van der Waals surface area contributed by atoms with Gasteiger partial charge in [-0.15, -0.1) is 0 Å². The van der Waals surface area contributed by atoms with Crippen LogP contribution in [0.1, 0.15) is 25.3 Å². The average Bonchev–Trinajstić information content (AvgIpc) is 3.05. The number of aromatic amines is 1. The van der Waals surface area contributed by atoms with Crippen LogP contribution in [0.5, 0.6) is 0 Å². The van der Waals surface area contributed by atoms with E-state index in [1.807, 2.05) is 12.1 Å². The molecule has 21 heavy (non-hydrogen) atoms. The predicted molar refractivity (Wildman–Crippen MR) is 84.4 cm³/mol. The van der Waals surface area contributed by atoms with Gasteiger partial charge in [-0.1, -0.05) is 19.9 Å². The summed E-state index contributed by atoms with van der Waals surface area (Å²) in [5.74, 6) is 0.509. The lowest BCUT2D eigenvalue weighted by Gasteiger charge is -2.04. The summed E-state index contributed by atoms with van der Waals surface area (Å²) >= 11 is 0. The van der Waals surface area contributed by atoms with Crippen molar-refractivity contribution < 1.29 is 0 Å². The van der Waals surface area contributed by atoms with Crippen LogP contribution in [0.2, 0.25) is 0 Å². The fourth-order valence-corrected chi connectivity index (χ4v) is 2.65. The second-order valence-electron chi connectivity index (χ2n) is 5.61. The number of rotatable bonds is 2. The monoisotopic (exact) mass is 276 g/mol. The first-order chi connectivity index (χ1) is 10.2. The van der Waals surface area contributed by atoms with Crippen LogP contribution in [-0.2, 0) is 0 Å². The molecule has 0 saturated carbocycles. The second kappa shape index (κ2) is 4.45. The lowest BCUT2D eigenvalue weighted by molar-refractivity contribution is 0.867. The molecule has 0 saturated heterocycles. The summed E-state index contributed by atoms with van der Waals surface area (Å²) in [7, 11) is 0. The molecule has 0 unspecified atom stereocenters. The van der Waals surface area contributed by atoms with Gasteiger partial charge in [0.2, 0.25) is 0 Å². The Bertz CT molecular complexity index is 916. The number of hydrogen-bond acceptors (Lipinski definition) is 2. The lowest BCUT2D eigenvalue weighted by Crippen LogP contribution is -1.89. The summed E-state index contributed by atoms with van der Waals surface area (Å²) < 4.78 is 2.05. The normalized spacial score (nSPS) is 11.8. The van der Waals surface area contributed by atoms with Gasteiger partial charge in [0.25, 0.3) is 0 Å². The van der Waals surface area contributed by atoms with Crippen molar-refractivity contribution in [2.24, 2.45) is 0 Å². The number of H-pyrrole nitrogens is 1. The lowest BCUT2D eigenvalue weighted by atomic mass is 10.0. The van der Waals surface area contributed by atoms with Gasteiger partial charge in [0.15, 0.2) is 5.65 Å². The highest BCUT2D eigenvalue weighted by atomic mass is 15.3. The van der Waals surface area contributed by atoms with Crippen molar-refractivity contribution in [3.05, 3.63) is 54.4 Å². The maximum Gasteiger partial charge on any atom is 0.154 e. The third-order valence-corrected chi connectivity index (χ3v) is 3.87. The summed E-state index contributed by atoms with van der Waals surface area (Å²) in [5.41, 5.74) is 6.57. The Kier molecular flexibility index (Phi) is 2.57. The average molecular weight is 276 g/mol. The van der Waals surface area contributed by atoms with Crippen LogP contribution in [0.25, 0.3) is 27.9 Å². The van der Waals surface area contributed by atoms with Crippen molar-refractivity contribution in [3.63, 3.8) is 0 Å². The van der Waals surface area contributed by atoms with Gasteiger partial charge in [-0.3, -0.25) is 10.1 Å². The molecule has 0 spiro atoms. The van der Waals surface area contributed by atoms with Crippen LogP contribution < -0.4 is 0 Å². The molecule has 4 nitrogen and oxygen atoms in total. The number of nitrogens with one attached hydrogen (secondary N) is 1. The highest BCUT2D eigenvalue weighted by Gasteiger charge is 2.10. The summed E-state index contributed by atoms with van der Waals surface area (Å²) in [5, 5.41) is 3.43. The van der Waals surface area contributed by atoms with Crippen molar-refractivity contribution in [2.75, 3.05) is 0 Å². The Morgan fingerprint density at radius 3 is 2.62 bits per heavy atom. The van der Waals surface area contributed by atoms with Gasteiger partial charge >= 0.3 is 0 Å². The van der Waals surface area contributed by atoms with Gasteiger partial charge in [0.05, 0.1) is 16.7 Å². The molecule has 4 rings (SSSR count). The first-order valence-corrected chi connectivity index (χ1v) is 7.14. The summed E-state index contributed by atoms with van der Waals surface area (Å²) in [4.78, 5) is 8.73. The van der Waals surface area contributed by atoms with Gasteiger partial charge in [-0.2, -0.15) is 0 Å². The van der Waals surface area contributed by atoms with E-state index in [4.69, 9.17) is 0 Å². The first-order valence-electron chi connectivity index (χ1n) is 7.14. The molecule has 0 bridgehead atoms. The Morgan fingerprint density at radius 2 is 1.86 bits per heavy atom. The highest BCUT2D eigenvalue weighted by molar-refractivity contribution is 5.82. The van der Waals surface area contributed by atoms with Gasteiger partial charge in [0.1, 0.15) is 0 Å². The second-order valence-corrected chi connectivity index (χ2v) is 5.61. The van der Waals surface area contributed by atoms with E-state index in [0.717, 1.165) is 27.9 Å². The van der Waals surface area contributed by atoms with E-state index in [2.05, 4.69) is 57.7 Å². The van der Waals surface area contributed by atoms with Crippen molar-refractivity contribution >= 4 is 16.7 Å². The van der Waals surface area contributed by atoms with Crippen LogP contribution in [0.4, 0.5) is 0 Å². The molecule has 4 heteroatoms. The number of imidazole rings is 1. The molecular formula is C17H16N4. The Morgan fingerprint density at radius 1 is 1.05 bits per heavy atom. The number of fused-ring (bicyclic) bond motifs is 3. The Hall–Kier alpha value is -2.62. The minimum absolute atomic E-state index is 0.509. The van der Waals surface area contributed by atoms with E-state index in [0.29, 0.717) is 5.92 Å². The number of benzene rings is 1.